The van der Waals surface area contributed by atoms with E-state index in [0.29, 0.717) is 66.2 Å². The monoisotopic (exact) mass is 657 g/mol. The summed E-state index contributed by atoms with van der Waals surface area (Å²) in [6.07, 6.45) is 6.51. The van der Waals surface area contributed by atoms with E-state index >= 15 is 4.39 Å². The summed E-state index contributed by atoms with van der Waals surface area (Å²) in [6, 6.07) is 1.65. The summed E-state index contributed by atoms with van der Waals surface area (Å²) in [5, 5.41) is 21.2. The molecular weight excluding hydrogens is 620 g/mol. The van der Waals surface area contributed by atoms with Gasteiger partial charge in [-0.25, -0.2) is 8.78 Å². The van der Waals surface area contributed by atoms with Crippen LogP contribution in [0.4, 0.5) is 8.78 Å². The van der Waals surface area contributed by atoms with Crippen LogP contribution in [0.25, 0.3) is 33.1 Å². The van der Waals surface area contributed by atoms with Gasteiger partial charge in [-0.2, -0.15) is 10.1 Å². The Bertz CT molecular complexity index is 1790. The molecule has 46 heavy (non-hydrogen) atoms. The van der Waals surface area contributed by atoms with E-state index in [1.165, 1.54) is 6.20 Å². The normalized spacial score (nSPS) is 25.1. The molecule has 0 spiro atoms. The molecule has 3 aliphatic heterocycles. The first-order valence-corrected chi connectivity index (χ1v) is 16.4. The molecule has 3 aromatic heterocycles. The van der Waals surface area contributed by atoms with E-state index in [1.807, 2.05) is 0 Å². The van der Waals surface area contributed by atoms with Crippen molar-refractivity contribution in [3.8, 4) is 17.3 Å². The molecule has 4 aromatic rings. The minimum absolute atomic E-state index is 0.0104. The molecule has 7 rings (SSSR count). The van der Waals surface area contributed by atoms with Crippen molar-refractivity contribution in [1.29, 1.82) is 0 Å². The molecule has 1 aromatic carbocycles. The summed E-state index contributed by atoms with van der Waals surface area (Å²) < 4.78 is 42.5. The van der Waals surface area contributed by atoms with Crippen molar-refractivity contribution >= 4 is 33.4 Å². The number of β-amino-alcohol motifs (C(OH)–C–C–N with tert-alkyl or cyclic N) is 1. The average Bonchev–Trinajstić information content (AvgIpc) is 3.73. The summed E-state index contributed by atoms with van der Waals surface area (Å²) in [6.45, 7) is 3.91. The molecule has 0 saturated carbocycles. The van der Waals surface area contributed by atoms with E-state index in [9.17, 15) is 14.3 Å². The number of benzene rings is 1. The first-order chi connectivity index (χ1) is 22.3. The molecule has 0 radical (unpaired) electrons. The number of piperidine rings is 1. The van der Waals surface area contributed by atoms with Gasteiger partial charge < -0.3 is 19.9 Å². The molecule has 11 nitrogen and oxygen atoms in total. The maximum absolute atomic E-state index is 16.5. The van der Waals surface area contributed by atoms with E-state index in [1.54, 1.807) is 12.3 Å². The van der Waals surface area contributed by atoms with Crippen LogP contribution in [0.5, 0.6) is 6.01 Å². The largest absolute Gasteiger partial charge is 0.463 e. The molecule has 14 heteroatoms. The number of aliphatic hydroxyl groups excluding tert-OH is 1. The van der Waals surface area contributed by atoms with Gasteiger partial charge in [-0.3, -0.25) is 24.8 Å². The molecule has 3 fully saturated rings. The van der Waals surface area contributed by atoms with Gasteiger partial charge in [-0.1, -0.05) is 11.6 Å². The highest BCUT2D eigenvalue weighted by Gasteiger charge is 2.49. The SMILES string of the molecule is O=c1[nH]c(OC[C@@]23CCCN2C[C@H](F)C3)nc2c(F)c(-c3c(CCCCOCC4CNC[C@@H](O)C4)c(Cl)cc4[nH]ncc34)ncc12. The van der Waals surface area contributed by atoms with E-state index in [-0.39, 0.29) is 41.2 Å². The van der Waals surface area contributed by atoms with Crippen molar-refractivity contribution in [2.45, 2.75) is 62.8 Å². The van der Waals surface area contributed by atoms with Gasteiger partial charge in [-0.05, 0) is 62.6 Å². The van der Waals surface area contributed by atoms with Crippen molar-refractivity contribution in [2.24, 2.45) is 5.92 Å². The van der Waals surface area contributed by atoms with Crippen molar-refractivity contribution in [3.63, 3.8) is 0 Å². The zero-order valence-electron chi connectivity index (χ0n) is 25.5. The Morgan fingerprint density at radius 1 is 1.22 bits per heavy atom. The summed E-state index contributed by atoms with van der Waals surface area (Å²) in [5.41, 5.74) is 0.648. The van der Waals surface area contributed by atoms with Crippen molar-refractivity contribution < 1.29 is 23.4 Å². The number of aliphatic hydroxyl groups is 1. The highest BCUT2D eigenvalue weighted by atomic mass is 35.5. The van der Waals surface area contributed by atoms with Crippen LogP contribution in [-0.4, -0.2) is 99.0 Å². The van der Waals surface area contributed by atoms with Crippen LogP contribution >= 0.6 is 11.6 Å². The Kier molecular flexibility index (Phi) is 8.94. The zero-order valence-corrected chi connectivity index (χ0v) is 26.2. The maximum Gasteiger partial charge on any atom is 0.297 e. The minimum atomic E-state index is -0.924. The Labute approximate surface area is 269 Å². The van der Waals surface area contributed by atoms with Crippen molar-refractivity contribution in [3.05, 3.63) is 45.2 Å². The number of fused-ring (bicyclic) bond motifs is 3. The molecule has 4 atom stereocenters. The Morgan fingerprint density at radius 3 is 2.98 bits per heavy atom. The van der Waals surface area contributed by atoms with E-state index < -0.39 is 23.1 Å². The molecule has 6 heterocycles. The summed E-state index contributed by atoms with van der Waals surface area (Å²) in [4.78, 5) is 26.5. The summed E-state index contributed by atoms with van der Waals surface area (Å²) in [5.74, 6) is -0.485. The van der Waals surface area contributed by atoms with Crippen LogP contribution in [0.15, 0.2) is 23.3 Å². The second-order valence-corrected chi connectivity index (χ2v) is 13.3. The topological polar surface area (TPSA) is 141 Å². The molecule has 4 N–H and O–H groups in total. The van der Waals surface area contributed by atoms with Gasteiger partial charge in [0.2, 0.25) is 0 Å². The highest BCUT2D eigenvalue weighted by Crippen LogP contribution is 2.41. The Morgan fingerprint density at radius 2 is 2.11 bits per heavy atom. The predicted octanol–water partition coefficient (Wildman–Crippen LogP) is 3.92. The number of hydrogen-bond donors (Lipinski definition) is 4. The number of unbranched alkanes of at least 4 members (excludes halogenated alkanes) is 1. The smallest absolute Gasteiger partial charge is 0.297 e. The molecule has 3 saturated heterocycles. The third-order valence-corrected chi connectivity index (χ3v) is 10.0. The van der Waals surface area contributed by atoms with Crippen molar-refractivity contribution in [1.82, 2.24) is 35.4 Å². The van der Waals surface area contributed by atoms with E-state index in [0.717, 1.165) is 45.2 Å². The standard InChI is InChI=1S/C32H38ClF2N7O4/c33-24-9-25-22(14-38-41-25)26(21(24)4-1-2-7-45-16-18-8-20(43)12-36-11-18)29-27(35)28-23(13-37-29)30(44)40-31(39-28)46-17-32-5-3-6-42(32)15-19(34)10-32/h9,13-14,18-20,36,43H,1-8,10-12,15-17H2,(H,38,41)(H,39,40,44)/t18?,19-,20+,32+/m1/s1. The van der Waals surface area contributed by atoms with Gasteiger partial charge in [0.15, 0.2) is 5.82 Å². The van der Waals surface area contributed by atoms with Gasteiger partial charge in [0.25, 0.3) is 11.6 Å². The molecule has 0 bridgehead atoms. The molecule has 246 valence electrons. The molecule has 1 unspecified atom stereocenters. The van der Waals surface area contributed by atoms with Crippen LogP contribution in [0.1, 0.15) is 44.1 Å². The number of hydrogen-bond acceptors (Lipinski definition) is 9. The predicted molar refractivity (Wildman–Crippen MR) is 170 cm³/mol. The second-order valence-electron chi connectivity index (χ2n) is 12.9. The Balaban J connectivity index is 1.13. The number of H-pyrrole nitrogens is 2. The van der Waals surface area contributed by atoms with Gasteiger partial charge in [0, 0.05) is 54.8 Å². The van der Waals surface area contributed by atoms with Crippen LogP contribution in [-0.2, 0) is 11.2 Å². The fourth-order valence-electron chi connectivity index (χ4n) is 7.45. The number of nitrogens with zero attached hydrogens (tertiary/aromatic N) is 4. The summed E-state index contributed by atoms with van der Waals surface area (Å²) >= 11 is 6.77. The van der Waals surface area contributed by atoms with Crippen molar-refractivity contribution in [2.75, 3.05) is 46.0 Å². The van der Waals surface area contributed by atoms with Crippen LogP contribution in [0.2, 0.25) is 5.02 Å². The fraction of sp³-hybridized carbons (Fsp3) is 0.562. The minimum Gasteiger partial charge on any atom is -0.463 e. The third kappa shape index (κ3) is 6.11. The fourth-order valence-corrected chi connectivity index (χ4v) is 7.74. The first kappa shape index (κ1) is 31.4. The zero-order chi connectivity index (χ0) is 31.8. The summed E-state index contributed by atoms with van der Waals surface area (Å²) in [7, 11) is 0. The number of aromatic nitrogens is 5. The van der Waals surface area contributed by atoms with Gasteiger partial charge in [0.05, 0.1) is 35.3 Å². The van der Waals surface area contributed by atoms with E-state index in [2.05, 4.69) is 35.4 Å². The lowest BCUT2D eigenvalue weighted by Crippen LogP contribution is -2.43. The molecule has 3 aliphatic rings. The number of rotatable bonds is 11. The molecule has 0 aliphatic carbocycles. The molecular formula is C32H38ClF2N7O4. The first-order valence-electron chi connectivity index (χ1n) is 16.0. The molecule has 0 amide bonds. The second kappa shape index (κ2) is 13.1. The van der Waals surface area contributed by atoms with Crippen LogP contribution in [0.3, 0.4) is 0 Å². The number of alkyl halides is 1. The number of pyridine rings is 1. The lowest BCUT2D eigenvalue weighted by molar-refractivity contribution is 0.0487. The average molecular weight is 658 g/mol. The van der Waals surface area contributed by atoms with Gasteiger partial charge >= 0.3 is 0 Å². The lowest BCUT2D eigenvalue weighted by atomic mass is 9.95. The number of ether oxygens (including phenoxy) is 2. The van der Waals surface area contributed by atoms with Crippen LogP contribution < -0.4 is 15.6 Å². The maximum atomic E-state index is 16.5. The quantitative estimate of drug-likeness (QED) is 0.177. The number of aromatic amines is 2. The van der Waals surface area contributed by atoms with Gasteiger partial charge in [0.1, 0.15) is 24.0 Å². The number of halogens is 3. The van der Waals surface area contributed by atoms with Crippen LogP contribution in [0, 0.1) is 11.7 Å². The highest BCUT2D eigenvalue weighted by molar-refractivity contribution is 6.33. The number of nitrogens with one attached hydrogen (secondary N) is 3. The van der Waals surface area contributed by atoms with Gasteiger partial charge in [-0.15, -0.1) is 0 Å². The Hall–Kier alpha value is -3.23. The van der Waals surface area contributed by atoms with E-state index in [4.69, 9.17) is 21.1 Å². The third-order valence-electron chi connectivity index (χ3n) is 9.68. The lowest BCUT2D eigenvalue weighted by Gasteiger charge is -2.30.